The molecule has 0 aromatic carbocycles. The van der Waals surface area contributed by atoms with Gasteiger partial charge in [0.15, 0.2) is 0 Å². The highest BCUT2D eigenvalue weighted by atomic mass is 16.5. The lowest BCUT2D eigenvalue weighted by Crippen LogP contribution is -2.28. The molecule has 0 radical (unpaired) electrons. The van der Waals surface area contributed by atoms with Crippen molar-refractivity contribution in [2.45, 2.75) is 18.9 Å². The average molecular weight is 221 g/mol. The Bertz CT molecular complexity index is 124. The minimum atomic E-state index is -0.0801. The van der Waals surface area contributed by atoms with Crippen molar-refractivity contribution in [2.75, 3.05) is 46.8 Å². The number of nitrogens with two attached hydrogens (primary N) is 1. The SMILES string of the molecule is COCCCOCCOCC(N)CCO. The van der Waals surface area contributed by atoms with Crippen molar-refractivity contribution in [2.24, 2.45) is 5.73 Å². The Morgan fingerprint density at radius 1 is 1.13 bits per heavy atom. The molecule has 0 amide bonds. The van der Waals surface area contributed by atoms with Crippen molar-refractivity contribution >= 4 is 0 Å². The smallest absolute Gasteiger partial charge is 0.0701 e. The quantitative estimate of drug-likeness (QED) is 0.471. The Kier molecular flexibility index (Phi) is 11.7. The summed E-state index contributed by atoms with van der Waals surface area (Å²) in [5.74, 6) is 0. The van der Waals surface area contributed by atoms with E-state index in [1.54, 1.807) is 7.11 Å². The van der Waals surface area contributed by atoms with Crippen LogP contribution >= 0.6 is 0 Å². The molecule has 0 spiro atoms. The molecule has 0 saturated carbocycles. The highest BCUT2D eigenvalue weighted by molar-refractivity contribution is 4.57. The van der Waals surface area contributed by atoms with E-state index in [1.807, 2.05) is 0 Å². The van der Waals surface area contributed by atoms with Crippen molar-refractivity contribution in [3.8, 4) is 0 Å². The van der Waals surface area contributed by atoms with Crippen molar-refractivity contribution in [1.82, 2.24) is 0 Å². The molecule has 92 valence electrons. The maximum Gasteiger partial charge on any atom is 0.0701 e. The van der Waals surface area contributed by atoms with E-state index in [0.29, 0.717) is 32.8 Å². The Morgan fingerprint density at radius 3 is 2.53 bits per heavy atom. The zero-order valence-corrected chi connectivity index (χ0v) is 9.48. The Labute approximate surface area is 91.5 Å². The molecule has 5 nitrogen and oxygen atoms in total. The number of hydrogen-bond donors (Lipinski definition) is 2. The van der Waals surface area contributed by atoms with E-state index in [0.717, 1.165) is 13.0 Å². The fourth-order valence-electron chi connectivity index (χ4n) is 1.01. The molecular weight excluding hydrogens is 198 g/mol. The second-order valence-corrected chi connectivity index (χ2v) is 3.31. The molecule has 0 aliphatic rings. The second-order valence-electron chi connectivity index (χ2n) is 3.31. The zero-order valence-electron chi connectivity index (χ0n) is 9.48. The minimum absolute atomic E-state index is 0.0801. The first-order valence-electron chi connectivity index (χ1n) is 5.32. The molecule has 3 N–H and O–H groups in total. The molecule has 0 aromatic rings. The van der Waals surface area contributed by atoms with Crippen LogP contribution in [0.25, 0.3) is 0 Å². The Morgan fingerprint density at radius 2 is 1.87 bits per heavy atom. The van der Waals surface area contributed by atoms with E-state index in [1.165, 1.54) is 0 Å². The molecule has 0 saturated heterocycles. The molecule has 0 rings (SSSR count). The molecule has 0 aliphatic heterocycles. The maximum absolute atomic E-state index is 8.59. The van der Waals surface area contributed by atoms with Gasteiger partial charge >= 0.3 is 0 Å². The topological polar surface area (TPSA) is 73.9 Å². The largest absolute Gasteiger partial charge is 0.396 e. The number of aliphatic hydroxyl groups is 1. The fourth-order valence-corrected chi connectivity index (χ4v) is 1.01. The lowest BCUT2D eigenvalue weighted by Gasteiger charge is -2.10. The van der Waals surface area contributed by atoms with Gasteiger partial charge in [-0.2, -0.15) is 0 Å². The van der Waals surface area contributed by atoms with Crippen LogP contribution in [0.15, 0.2) is 0 Å². The predicted octanol–water partition coefficient (Wildman–Crippen LogP) is -0.234. The number of ether oxygens (including phenoxy) is 3. The number of rotatable bonds is 11. The highest BCUT2D eigenvalue weighted by Gasteiger charge is 2.00. The third-order valence-corrected chi connectivity index (χ3v) is 1.84. The van der Waals surface area contributed by atoms with Crippen LogP contribution in [-0.2, 0) is 14.2 Å². The van der Waals surface area contributed by atoms with Crippen molar-refractivity contribution < 1.29 is 19.3 Å². The van der Waals surface area contributed by atoms with Crippen molar-refractivity contribution in [3.05, 3.63) is 0 Å². The summed E-state index contributed by atoms with van der Waals surface area (Å²) >= 11 is 0. The molecule has 1 unspecified atom stereocenters. The van der Waals surface area contributed by atoms with Crippen LogP contribution in [0.4, 0.5) is 0 Å². The first-order chi connectivity index (χ1) is 7.31. The summed E-state index contributed by atoms with van der Waals surface area (Å²) in [4.78, 5) is 0. The number of methoxy groups -OCH3 is 1. The van der Waals surface area contributed by atoms with E-state index >= 15 is 0 Å². The predicted molar refractivity (Wildman–Crippen MR) is 57.8 cm³/mol. The standard InChI is InChI=1S/C10H23NO4/c1-13-5-2-6-14-7-8-15-9-10(11)3-4-12/h10,12H,2-9,11H2,1H3. The average Bonchev–Trinajstić information content (AvgIpc) is 2.22. The van der Waals surface area contributed by atoms with Gasteiger partial charge in [0.1, 0.15) is 0 Å². The van der Waals surface area contributed by atoms with E-state index < -0.39 is 0 Å². The first-order valence-corrected chi connectivity index (χ1v) is 5.32. The summed E-state index contributed by atoms with van der Waals surface area (Å²) in [5, 5.41) is 8.59. The Hall–Kier alpha value is -0.200. The summed E-state index contributed by atoms with van der Waals surface area (Å²) in [6, 6.07) is -0.0801. The van der Waals surface area contributed by atoms with E-state index in [9.17, 15) is 0 Å². The van der Waals surface area contributed by atoms with Gasteiger partial charge in [-0.15, -0.1) is 0 Å². The van der Waals surface area contributed by atoms with Crippen LogP contribution < -0.4 is 5.73 Å². The molecule has 5 heteroatoms. The van der Waals surface area contributed by atoms with E-state index in [-0.39, 0.29) is 12.6 Å². The monoisotopic (exact) mass is 221 g/mol. The summed E-state index contributed by atoms with van der Waals surface area (Å²) in [7, 11) is 1.67. The lowest BCUT2D eigenvalue weighted by molar-refractivity contribution is 0.0338. The van der Waals surface area contributed by atoms with Crippen molar-refractivity contribution in [3.63, 3.8) is 0 Å². The lowest BCUT2D eigenvalue weighted by atomic mass is 10.2. The van der Waals surface area contributed by atoms with Gasteiger partial charge < -0.3 is 25.1 Å². The second kappa shape index (κ2) is 11.9. The van der Waals surface area contributed by atoms with Gasteiger partial charge in [-0.05, 0) is 12.8 Å². The number of hydrogen-bond acceptors (Lipinski definition) is 5. The summed E-state index contributed by atoms with van der Waals surface area (Å²) in [6.45, 7) is 3.13. The van der Waals surface area contributed by atoms with Gasteiger partial charge in [0.2, 0.25) is 0 Å². The van der Waals surface area contributed by atoms with Gasteiger partial charge in [-0.1, -0.05) is 0 Å². The summed E-state index contributed by atoms with van der Waals surface area (Å²) < 4.78 is 15.4. The molecule has 15 heavy (non-hydrogen) atoms. The van der Waals surface area contributed by atoms with Gasteiger partial charge in [-0.25, -0.2) is 0 Å². The van der Waals surface area contributed by atoms with Crippen LogP contribution in [-0.4, -0.2) is 57.9 Å². The van der Waals surface area contributed by atoms with Gasteiger partial charge in [0.05, 0.1) is 19.8 Å². The molecule has 0 heterocycles. The van der Waals surface area contributed by atoms with Crippen molar-refractivity contribution in [1.29, 1.82) is 0 Å². The van der Waals surface area contributed by atoms with Crippen LogP contribution in [0.3, 0.4) is 0 Å². The third-order valence-electron chi connectivity index (χ3n) is 1.84. The fraction of sp³-hybridized carbons (Fsp3) is 1.00. The first kappa shape index (κ1) is 14.8. The number of aliphatic hydroxyl groups excluding tert-OH is 1. The van der Waals surface area contributed by atoms with E-state index in [4.69, 9.17) is 25.1 Å². The normalized spacial score (nSPS) is 13.0. The molecule has 1 atom stereocenters. The summed E-state index contributed by atoms with van der Waals surface area (Å²) in [5.41, 5.74) is 5.62. The molecule has 0 fully saturated rings. The van der Waals surface area contributed by atoms with Gasteiger partial charge in [-0.3, -0.25) is 0 Å². The minimum Gasteiger partial charge on any atom is -0.396 e. The zero-order chi connectivity index (χ0) is 11.4. The van der Waals surface area contributed by atoms with E-state index in [2.05, 4.69) is 0 Å². The third kappa shape index (κ3) is 11.7. The van der Waals surface area contributed by atoms with Crippen LogP contribution in [0.1, 0.15) is 12.8 Å². The molecular formula is C10H23NO4. The van der Waals surface area contributed by atoms with Crippen LogP contribution in [0.5, 0.6) is 0 Å². The summed E-state index contributed by atoms with van der Waals surface area (Å²) in [6.07, 6.45) is 1.48. The highest BCUT2D eigenvalue weighted by Crippen LogP contribution is 1.89. The maximum atomic E-state index is 8.59. The Balaban J connectivity index is 2.98. The van der Waals surface area contributed by atoms with Crippen LogP contribution in [0.2, 0.25) is 0 Å². The van der Waals surface area contributed by atoms with Gasteiger partial charge in [0.25, 0.3) is 0 Å². The van der Waals surface area contributed by atoms with Gasteiger partial charge in [0, 0.05) is 33.0 Å². The van der Waals surface area contributed by atoms with Crippen LogP contribution in [0, 0.1) is 0 Å². The molecule has 0 aliphatic carbocycles. The molecule has 0 bridgehead atoms. The molecule has 0 aromatic heterocycles.